The van der Waals surface area contributed by atoms with Crippen LogP contribution in [0.1, 0.15) is 48.2 Å². The molecule has 4 rings (SSSR count). The minimum absolute atomic E-state index is 0.0752. The Morgan fingerprint density at radius 2 is 1.97 bits per heavy atom. The van der Waals surface area contributed by atoms with Crippen molar-refractivity contribution in [1.29, 1.82) is 0 Å². The lowest BCUT2D eigenvalue weighted by Crippen LogP contribution is -2.56. The first-order chi connectivity index (χ1) is 14.1. The number of aryl methyl sites for hydroxylation is 1. The lowest BCUT2D eigenvalue weighted by Gasteiger charge is -2.38. The molecular weight excluding hydrogens is 364 g/mol. The molecule has 0 spiro atoms. The fourth-order valence-corrected chi connectivity index (χ4v) is 4.71. The fourth-order valence-electron chi connectivity index (χ4n) is 4.71. The number of amides is 1. The Balaban J connectivity index is 1.41. The molecule has 2 heterocycles. The van der Waals surface area contributed by atoms with Crippen LogP contribution < -0.4 is 5.32 Å². The summed E-state index contributed by atoms with van der Waals surface area (Å²) in [4.78, 5) is 15.4. The highest BCUT2D eigenvalue weighted by molar-refractivity contribution is 5.82. The van der Waals surface area contributed by atoms with Gasteiger partial charge in [-0.25, -0.2) is 0 Å². The standard InChI is InChI=1S/C23H32N4O2/c1-17-21(18(2)27(25-17)15-19-8-4-3-5-9-19)14-24-23(28)22-16-29-13-12-26(22)20-10-6-7-11-20/h3-5,8-9,20,22H,6-7,10-16H2,1-2H3,(H,24,28)/t22-/m0/s1. The van der Waals surface area contributed by atoms with Crippen LogP contribution in [0.3, 0.4) is 0 Å². The summed E-state index contributed by atoms with van der Waals surface area (Å²) in [6.07, 6.45) is 4.95. The van der Waals surface area contributed by atoms with E-state index in [-0.39, 0.29) is 11.9 Å². The first-order valence-electron chi connectivity index (χ1n) is 10.8. The van der Waals surface area contributed by atoms with Crippen LogP contribution >= 0.6 is 0 Å². The van der Waals surface area contributed by atoms with Crippen molar-refractivity contribution in [3.63, 3.8) is 0 Å². The second-order valence-electron chi connectivity index (χ2n) is 8.28. The van der Waals surface area contributed by atoms with Crippen molar-refractivity contribution < 1.29 is 9.53 Å². The molecule has 1 aliphatic carbocycles. The summed E-state index contributed by atoms with van der Waals surface area (Å²) in [6.45, 7) is 7.44. The molecule has 0 bridgehead atoms. The van der Waals surface area contributed by atoms with Crippen LogP contribution in [0.15, 0.2) is 30.3 Å². The SMILES string of the molecule is Cc1nn(Cc2ccccc2)c(C)c1CNC(=O)[C@@H]1COCCN1C1CCCC1. The third kappa shape index (κ3) is 4.54. The van der Waals surface area contributed by atoms with Gasteiger partial charge in [-0.1, -0.05) is 43.2 Å². The third-order valence-corrected chi connectivity index (χ3v) is 6.41. The fraction of sp³-hybridized carbons (Fsp3) is 0.565. The maximum absolute atomic E-state index is 13.0. The molecule has 0 radical (unpaired) electrons. The van der Waals surface area contributed by atoms with Gasteiger partial charge in [0.15, 0.2) is 0 Å². The molecule has 1 amide bonds. The van der Waals surface area contributed by atoms with Crippen LogP contribution in [0.25, 0.3) is 0 Å². The molecule has 2 fully saturated rings. The monoisotopic (exact) mass is 396 g/mol. The molecule has 1 saturated heterocycles. The van der Waals surface area contributed by atoms with Crippen LogP contribution in [0.4, 0.5) is 0 Å². The van der Waals surface area contributed by atoms with Crippen LogP contribution in [-0.4, -0.2) is 52.4 Å². The van der Waals surface area contributed by atoms with E-state index in [1.54, 1.807) is 0 Å². The van der Waals surface area contributed by atoms with E-state index in [0.29, 0.717) is 19.2 Å². The third-order valence-electron chi connectivity index (χ3n) is 6.41. The Hall–Kier alpha value is -2.18. The van der Waals surface area contributed by atoms with Gasteiger partial charge in [-0.3, -0.25) is 14.4 Å². The van der Waals surface area contributed by atoms with Gasteiger partial charge in [-0.15, -0.1) is 0 Å². The molecule has 1 saturated carbocycles. The first-order valence-corrected chi connectivity index (χ1v) is 10.8. The smallest absolute Gasteiger partial charge is 0.240 e. The van der Waals surface area contributed by atoms with Crippen molar-refractivity contribution in [3.8, 4) is 0 Å². The number of aromatic nitrogens is 2. The molecule has 2 aromatic rings. The normalized spacial score (nSPS) is 20.8. The number of carbonyl (C=O) groups excluding carboxylic acids is 1. The summed E-state index contributed by atoms with van der Waals surface area (Å²) in [5.41, 5.74) is 4.42. The van der Waals surface area contributed by atoms with Crippen LogP contribution in [0, 0.1) is 13.8 Å². The molecule has 156 valence electrons. The van der Waals surface area contributed by atoms with E-state index in [0.717, 1.165) is 36.6 Å². The van der Waals surface area contributed by atoms with Gasteiger partial charge in [-0.05, 0) is 32.3 Å². The van der Waals surface area contributed by atoms with Crippen molar-refractivity contribution in [2.24, 2.45) is 0 Å². The largest absolute Gasteiger partial charge is 0.378 e. The van der Waals surface area contributed by atoms with E-state index in [1.807, 2.05) is 29.8 Å². The maximum atomic E-state index is 13.0. The summed E-state index contributed by atoms with van der Waals surface area (Å²) in [5.74, 6) is 0.0752. The Morgan fingerprint density at radius 1 is 1.21 bits per heavy atom. The number of rotatable bonds is 6. The summed E-state index contributed by atoms with van der Waals surface area (Å²) in [7, 11) is 0. The summed E-state index contributed by atoms with van der Waals surface area (Å²) >= 11 is 0. The maximum Gasteiger partial charge on any atom is 0.240 e. The van der Waals surface area contributed by atoms with Gasteiger partial charge in [0.05, 0.1) is 25.5 Å². The van der Waals surface area contributed by atoms with Gasteiger partial charge in [0, 0.05) is 30.4 Å². The number of morpholine rings is 1. The van der Waals surface area contributed by atoms with Gasteiger partial charge in [0.25, 0.3) is 0 Å². The molecule has 1 atom stereocenters. The Bertz CT molecular complexity index is 827. The second kappa shape index (κ2) is 9.09. The molecule has 1 aromatic heterocycles. The summed E-state index contributed by atoms with van der Waals surface area (Å²) < 4.78 is 7.67. The average molecular weight is 397 g/mol. The lowest BCUT2D eigenvalue weighted by atomic mass is 10.1. The quantitative estimate of drug-likeness (QED) is 0.816. The van der Waals surface area contributed by atoms with Gasteiger partial charge in [0.2, 0.25) is 5.91 Å². The number of benzene rings is 1. The van der Waals surface area contributed by atoms with Crippen LogP contribution in [0.2, 0.25) is 0 Å². The Labute approximate surface area is 173 Å². The van der Waals surface area contributed by atoms with E-state index in [4.69, 9.17) is 9.84 Å². The number of hydrogen-bond acceptors (Lipinski definition) is 4. The van der Waals surface area contributed by atoms with E-state index in [1.165, 1.54) is 31.2 Å². The van der Waals surface area contributed by atoms with Gasteiger partial charge in [0.1, 0.15) is 6.04 Å². The van der Waals surface area contributed by atoms with E-state index in [2.05, 4.69) is 29.3 Å². The average Bonchev–Trinajstić information content (AvgIpc) is 3.36. The highest BCUT2D eigenvalue weighted by atomic mass is 16.5. The number of nitrogens with zero attached hydrogens (tertiary/aromatic N) is 3. The minimum Gasteiger partial charge on any atom is -0.378 e. The molecule has 1 N–H and O–H groups in total. The predicted molar refractivity (Wildman–Crippen MR) is 113 cm³/mol. The molecule has 0 unspecified atom stereocenters. The lowest BCUT2D eigenvalue weighted by molar-refractivity contribution is -0.134. The van der Waals surface area contributed by atoms with Crippen molar-refractivity contribution in [1.82, 2.24) is 20.0 Å². The molecule has 1 aromatic carbocycles. The van der Waals surface area contributed by atoms with Crippen molar-refractivity contribution in [2.45, 2.75) is 64.7 Å². The van der Waals surface area contributed by atoms with Crippen molar-refractivity contribution >= 4 is 5.91 Å². The van der Waals surface area contributed by atoms with Crippen LogP contribution in [0.5, 0.6) is 0 Å². The summed E-state index contributed by atoms with van der Waals surface area (Å²) in [6, 6.07) is 10.7. The zero-order valence-corrected chi connectivity index (χ0v) is 17.6. The van der Waals surface area contributed by atoms with Crippen LogP contribution in [-0.2, 0) is 22.6 Å². The molecule has 6 heteroatoms. The minimum atomic E-state index is -0.174. The highest BCUT2D eigenvalue weighted by Crippen LogP contribution is 2.26. The van der Waals surface area contributed by atoms with Gasteiger partial charge >= 0.3 is 0 Å². The van der Waals surface area contributed by atoms with E-state index in [9.17, 15) is 4.79 Å². The van der Waals surface area contributed by atoms with Crippen molar-refractivity contribution in [2.75, 3.05) is 19.8 Å². The molecule has 6 nitrogen and oxygen atoms in total. The number of hydrogen-bond donors (Lipinski definition) is 1. The Kier molecular flexibility index (Phi) is 6.31. The number of carbonyl (C=O) groups is 1. The first kappa shape index (κ1) is 20.1. The molecule has 2 aliphatic rings. The highest BCUT2D eigenvalue weighted by Gasteiger charge is 2.35. The van der Waals surface area contributed by atoms with Gasteiger partial charge in [-0.2, -0.15) is 5.10 Å². The molecular formula is C23H32N4O2. The topological polar surface area (TPSA) is 59.4 Å². The molecule has 29 heavy (non-hydrogen) atoms. The van der Waals surface area contributed by atoms with E-state index >= 15 is 0 Å². The zero-order chi connectivity index (χ0) is 20.2. The Morgan fingerprint density at radius 3 is 2.72 bits per heavy atom. The zero-order valence-electron chi connectivity index (χ0n) is 17.6. The van der Waals surface area contributed by atoms with Crippen molar-refractivity contribution in [3.05, 3.63) is 52.8 Å². The second-order valence-corrected chi connectivity index (χ2v) is 8.28. The summed E-state index contributed by atoms with van der Waals surface area (Å²) in [5, 5.41) is 7.87. The van der Waals surface area contributed by atoms with Gasteiger partial charge < -0.3 is 10.1 Å². The number of ether oxygens (including phenoxy) is 1. The predicted octanol–water partition coefficient (Wildman–Crippen LogP) is 2.81. The van der Waals surface area contributed by atoms with E-state index < -0.39 is 0 Å². The number of nitrogens with one attached hydrogen (secondary N) is 1. The molecule has 1 aliphatic heterocycles.